The fourth-order valence-electron chi connectivity index (χ4n) is 6.37. The molecule has 0 spiro atoms. The minimum absolute atomic E-state index is 0.0329. The summed E-state index contributed by atoms with van der Waals surface area (Å²) in [5.74, 6) is 1.87. The number of anilines is 1. The number of aromatic nitrogens is 1. The highest BCUT2D eigenvalue weighted by Gasteiger charge is 2.48. The highest BCUT2D eigenvalue weighted by molar-refractivity contribution is 8.76. The van der Waals surface area contributed by atoms with Gasteiger partial charge in [0.05, 0.1) is 42.6 Å². The Morgan fingerprint density at radius 1 is 0.981 bits per heavy atom. The summed E-state index contributed by atoms with van der Waals surface area (Å²) < 4.78 is 23.2. The van der Waals surface area contributed by atoms with E-state index < -0.39 is 61.0 Å². The van der Waals surface area contributed by atoms with Crippen molar-refractivity contribution in [2.45, 2.75) is 80.3 Å². The summed E-state index contributed by atoms with van der Waals surface area (Å²) in [6.45, 7) is 1.35. The first kappa shape index (κ1) is 40.9. The number of carbonyl (C=O) groups excluding carboxylic acids is 1. The van der Waals surface area contributed by atoms with Gasteiger partial charge in [0, 0.05) is 65.4 Å². The van der Waals surface area contributed by atoms with E-state index in [0.717, 1.165) is 33.2 Å². The smallest absolute Gasteiger partial charge is 0.220 e. The van der Waals surface area contributed by atoms with Crippen LogP contribution in [0.2, 0.25) is 5.02 Å². The van der Waals surface area contributed by atoms with Gasteiger partial charge in [0.2, 0.25) is 5.91 Å². The molecule has 1 aliphatic heterocycles. The molecule has 52 heavy (non-hydrogen) atoms. The first-order valence-electron chi connectivity index (χ1n) is 17.3. The second kappa shape index (κ2) is 19.4. The number of halogens is 1. The first-order valence-corrected chi connectivity index (χ1v) is 20.1. The molecule has 2 fully saturated rings. The molecule has 2 aromatic carbocycles. The van der Waals surface area contributed by atoms with Crippen molar-refractivity contribution >= 4 is 66.6 Å². The van der Waals surface area contributed by atoms with E-state index >= 15 is 0 Å². The number of hydrogen-bond acceptors (Lipinski definition) is 16. The number of nitrogens with two attached hydrogens (primary N) is 4. The van der Waals surface area contributed by atoms with Crippen molar-refractivity contribution in [3.8, 4) is 5.75 Å². The first-order chi connectivity index (χ1) is 25.0. The Morgan fingerprint density at radius 2 is 1.77 bits per heavy atom. The summed E-state index contributed by atoms with van der Waals surface area (Å²) in [5.41, 5.74) is 26.8. The molecule has 0 bridgehead atoms. The summed E-state index contributed by atoms with van der Waals surface area (Å²) in [6, 6.07) is 9.09. The SMILES string of the molecule is COc1ccc2nc3cc(Cl)ccc3c(NCCCNC(=O)CCSSCCO[C@@H]3[C@@H](O)[C@H](N)C[C@H](N)[C@H]3O[C@H]3O[C@H](CN)[C@@H](O)[C@H](O)[C@H]3N)c2c1. The molecule has 3 aromatic rings. The minimum atomic E-state index is -1.32. The lowest BCUT2D eigenvalue weighted by Crippen LogP contribution is -2.67. The fourth-order valence-corrected chi connectivity index (χ4v) is 8.36. The highest BCUT2D eigenvalue weighted by atomic mass is 35.5. The average molecular weight is 784 g/mol. The van der Waals surface area contributed by atoms with Crippen LogP contribution in [0.5, 0.6) is 5.75 Å². The predicted molar refractivity (Wildman–Crippen MR) is 205 cm³/mol. The molecule has 288 valence electrons. The van der Waals surface area contributed by atoms with Crippen LogP contribution in [0.3, 0.4) is 0 Å². The topological polar surface area (TPSA) is 256 Å². The van der Waals surface area contributed by atoms with E-state index in [1.165, 1.54) is 10.8 Å². The maximum Gasteiger partial charge on any atom is 0.220 e. The molecule has 15 nitrogen and oxygen atoms in total. The number of methoxy groups -OCH3 is 1. The summed E-state index contributed by atoms with van der Waals surface area (Å²) >= 11 is 6.24. The number of aliphatic hydroxyl groups excluding tert-OH is 3. The third-order valence-electron chi connectivity index (χ3n) is 9.23. The molecule has 0 unspecified atom stereocenters. The summed E-state index contributed by atoms with van der Waals surface area (Å²) in [7, 11) is 4.71. The number of benzene rings is 2. The molecule has 1 saturated heterocycles. The van der Waals surface area contributed by atoms with Gasteiger partial charge in [-0.2, -0.15) is 0 Å². The van der Waals surface area contributed by atoms with Gasteiger partial charge in [0.15, 0.2) is 6.29 Å². The van der Waals surface area contributed by atoms with E-state index in [-0.39, 0.29) is 25.5 Å². The minimum Gasteiger partial charge on any atom is -0.497 e. The van der Waals surface area contributed by atoms with Crippen LogP contribution in [0.1, 0.15) is 19.3 Å². The summed E-state index contributed by atoms with van der Waals surface area (Å²) in [6.07, 6.45) is -6.03. The largest absolute Gasteiger partial charge is 0.497 e. The number of nitrogens with one attached hydrogen (secondary N) is 2. The molecule has 10 atom stereocenters. The van der Waals surface area contributed by atoms with Crippen molar-refractivity contribution < 1.29 is 39.1 Å². The van der Waals surface area contributed by atoms with Gasteiger partial charge in [-0.1, -0.05) is 33.2 Å². The maximum absolute atomic E-state index is 12.5. The van der Waals surface area contributed by atoms with E-state index in [9.17, 15) is 20.1 Å². The van der Waals surface area contributed by atoms with Crippen molar-refractivity contribution in [1.82, 2.24) is 10.3 Å². The quantitative estimate of drug-likeness (QED) is 0.0518. The molecule has 2 heterocycles. The number of amides is 1. The van der Waals surface area contributed by atoms with Gasteiger partial charge in [-0.3, -0.25) is 4.79 Å². The van der Waals surface area contributed by atoms with Crippen LogP contribution in [-0.2, 0) is 19.0 Å². The van der Waals surface area contributed by atoms with Crippen LogP contribution in [0, 0.1) is 0 Å². The van der Waals surface area contributed by atoms with Gasteiger partial charge in [0.25, 0.3) is 0 Å². The number of pyridine rings is 1. The molecule has 18 heteroatoms. The van der Waals surface area contributed by atoms with Crippen molar-refractivity contribution in [1.29, 1.82) is 0 Å². The Hall–Kier alpha value is -2.23. The number of fused-ring (bicyclic) bond motifs is 2. The van der Waals surface area contributed by atoms with E-state index in [1.54, 1.807) is 17.9 Å². The highest BCUT2D eigenvalue weighted by Crippen LogP contribution is 2.34. The molecule has 0 radical (unpaired) electrons. The number of hydrogen-bond donors (Lipinski definition) is 9. The Kier molecular flexibility index (Phi) is 15.3. The van der Waals surface area contributed by atoms with E-state index in [4.69, 9.17) is 58.5 Å². The maximum atomic E-state index is 12.5. The Morgan fingerprint density at radius 3 is 2.54 bits per heavy atom. The summed E-state index contributed by atoms with van der Waals surface area (Å²) in [4.78, 5) is 17.2. The van der Waals surface area contributed by atoms with Crippen LogP contribution in [-0.4, -0.2) is 132 Å². The molecular formula is C34H50ClN7O8S2. The van der Waals surface area contributed by atoms with Gasteiger partial charge in [-0.05, 0) is 49.2 Å². The molecule has 1 aliphatic carbocycles. The van der Waals surface area contributed by atoms with Gasteiger partial charge in [-0.15, -0.1) is 0 Å². The third kappa shape index (κ3) is 10.1. The van der Waals surface area contributed by atoms with E-state index in [2.05, 4.69) is 10.6 Å². The van der Waals surface area contributed by atoms with E-state index in [0.29, 0.717) is 42.5 Å². The lowest BCUT2D eigenvalue weighted by Gasteiger charge is -2.46. The third-order valence-corrected chi connectivity index (χ3v) is 11.8. The lowest BCUT2D eigenvalue weighted by atomic mass is 9.84. The zero-order valence-electron chi connectivity index (χ0n) is 28.9. The molecule has 1 aromatic heterocycles. The molecule has 5 rings (SSSR count). The Bertz CT molecular complexity index is 1630. The van der Waals surface area contributed by atoms with Crippen LogP contribution < -0.4 is 38.3 Å². The predicted octanol–water partition coefficient (Wildman–Crippen LogP) is 0.662. The van der Waals surface area contributed by atoms with Gasteiger partial charge >= 0.3 is 0 Å². The van der Waals surface area contributed by atoms with Crippen molar-refractivity contribution in [2.24, 2.45) is 22.9 Å². The number of nitrogens with zero attached hydrogens (tertiary/aromatic N) is 1. The number of aliphatic hydroxyl groups is 3. The molecule has 2 aliphatic rings. The average Bonchev–Trinajstić information content (AvgIpc) is 3.13. The van der Waals surface area contributed by atoms with E-state index in [1.807, 2.05) is 36.4 Å². The molecule has 1 amide bonds. The monoisotopic (exact) mass is 783 g/mol. The van der Waals surface area contributed by atoms with Crippen molar-refractivity contribution in [2.75, 3.05) is 50.2 Å². The fraction of sp³-hybridized carbons (Fsp3) is 0.588. The van der Waals surface area contributed by atoms with Crippen LogP contribution >= 0.6 is 33.2 Å². The standard InChI is InChI=1S/C34H50ClN7O8S2/c1-47-18-4-6-23-20(14-18)28(19-5-3-17(35)13-24(19)42-23)41-9-2-8-40-26(43)7-11-51-52-12-10-48-33-29(44)21(37)15-22(38)32(33)50-34-27(39)31(46)30(45)25(16-36)49-34/h3-6,13-14,21-22,25,27,29-34,44-46H,2,7-12,15-16,36-39H2,1H3,(H,40,43)(H,41,42)/t21-,22+,25-,27-,29+,30-,31-,32-,33-,34-/m1/s1. The molecule has 1 saturated carbocycles. The van der Waals surface area contributed by atoms with Gasteiger partial charge in [-0.25, -0.2) is 4.98 Å². The van der Waals surface area contributed by atoms with Crippen LogP contribution in [0.4, 0.5) is 5.69 Å². The molecule has 13 N–H and O–H groups in total. The zero-order chi connectivity index (χ0) is 37.4. The van der Waals surface area contributed by atoms with Crippen LogP contribution in [0.25, 0.3) is 21.8 Å². The zero-order valence-corrected chi connectivity index (χ0v) is 31.3. The van der Waals surface area contributed by atoms with Crippen molar-refractivity contribution in [3.63, 3.8) is 0 Å². The number of ether oxygens (including phenoxy) is 4. The second-order valence-corrected chi connectivity index (χ2v) is 16.0. The summed E-state index contributed by atoms with van der Waals surface area (Å²) in [5, 5.41) is 40.4. The normalized spacial score (nSPS) is 29.3. The number of rotatable bonds is 17. The second-order valence-electron chi connectivity index (χ2n) is 12.9. The Balaban J connectivity index is 1.01. The number of carbonyl (C=O) groups is 1. The lowest BCUT2D eigenvalue weighted by molar-refractivity contribution is -0.290. The van der Waals surface area contributed by atoms with Crippen molar-refractivity contribution in [3.05, 3.63) is 41.4 Å². The van der Waals surface area contributed by atoms with Gasteiger partial charge in [0.1, 0.15) is 36.3 Å². The molecular weight excluding hydrogens is 734 g/mol. The van der Waals surface area contributed by atoms with Crippen LogP contribution in [0.15, 0.2) is 36.4 Å². The van der Waals surface area contributed by atoms with Gasteiger partial charge < -0.3 is 67.8 Å². The Labute approximate surface area is 315 Å².